The van der Waals surface area contributed by atoms with Gasteiger partial charge in [0.1, 0.15) is 0 Å². The Morgan fingerprint density at radius 1 is 1.58 bits per heavy atom. The summed E-state index contributed by atoms with van der Waals surface area (Å²) in [5.41, 5.74) is 0.169. The molecule has 0 unspecified atom stereocenters. The van der Waals surface area contributed by atoms with Crippen molar-refractivity contribution in [2.24, 2.45) is 4.99 Å². The number of carbonyl (C=O) groups is 3. The lowest BCUT2D eigenvalue weighted by Crippen LogP contribution is -2.29. The minimum atomic E-state index is -0.642. The van der Waals surface area contributed by atoms with E-state index in [4.69, 9.17) is 0 Å². The summed E-state index contributed by atoms with van der Waals surface area (Å²) in [5, 5.41) is 2.75. The average molecular weight is 349 g/mol. The number of rotatable bonds is 5. The van der Waals surface area contributed by atoms with Crippen LogP contribution < -0.4 is 5.32 Å². The topological polar surface area (TPSA) is 117 Å². The van der Waals surface area contributed by atoms with Crippen molar-refractivity contribution in [3.63, 3.8) is 0 Å². The van der Waals surface area contributed by atoms with Gasteiger partial charge in [-0.15, -0.1) is 6.58 Å². The van der Waals surface area contributed by atoms with E-state index in [1.54, 1.807) is 0 Å². The van der Waals surface area contributed by atoms with Crippen LogP contribution in [0, 0.1) is 0 Å². The van der Waals surface area contributed by atoms with Crippen LogP contribution in [-0.4, -0.2) is 58.5 Å². The molecular formula is C14H15N5O4S. The maximum atomic E-state index is 12.4. The molecule has 0 radical (unpaired) electrons. The average Bonchev–Trinajstić information content (AvgIpc) is 3.15. The van der Waals surface area contributed by atoms with Crippen LogP contribution in [0.1, 0.15) is 10.5 Å². The van der Waals surface area contributed by atoms with Gasteiger partial charge in [0.2, 0.25) is 0 Å². The summed E-state index contributed by atoms with van der Waals surface area (Å²) in [6.07, 6.45) is 3.95. The molecule has 0 aromatic carbocycles. The Hall–Kier alpha value is -2.88. The molecule has 1 fully saturated rings. The molecule has 126 valence electrons. The van der Waals surface area contributed by atoms with Crippen molar-refractivity contribution in [1.82, 2.24) is 20.2 Å². The largest absolute Gasteiger partial charge is 0.466 e. The summed E-state index contributed by atoms with van der Waals surface area (Å²) in [6.45, 7) is 3.79. The number of aromatic amines is 1. The lowest BCUT2D eigenvalue weighted by atomic mass is 10.4. The van der Waals surface area contributed by atoms with E-state index in [9.17, 15) is 14.4 Å². The van der Waals surface area contributed by atoms with Crippen molar-refractivity contribution < 1.29 is 19.1 Å². The molecule has 24 heavy (non-hydrogen) atoms. The Labute approximate surface area is 141 Å². The van der Waals surface area contributed by atoms with Crippen molar-refractivity contribution in [3.05, 3.63) is 35.7 Å². The molecule has 0 bridgehead atoms. The smallest absolute Gasteiger partial charge is 0.331 e. The summed E-state index contributed by atoms with van der Waals surface area (Å²) < 4.78 is 4.53. The van der Waals surface area contributed by atoms with Crippen LogP contribution in [0.3, 0.4) is 0 Å². The van der Waals surface area contributed by atoms with Crippen LogP contribution >= 0.6 is 11.8 Å². The Bertz CT molecular complexity index is 752. The predicted octanol–water partition coefficient (Wildman–Crippen LogP) is 0.575. The number of aliphatic imine (C=N–C) groups is 1. The van der Waals surface area contributed by atoms with E-state index in [-0.39, 0.29) is 34.0 Å². The van der Waals surface area contributed by atoms with Gasteiger partial charge in [-0.05, 0) is 11.8 Å². The third kappa shape index (κ3) is 3.54. The van der Waals surface area contributed by atoms with Gasteiger partial charge in [-0.2, -0.15) is 0 Å². The number of amidine groups is 1. The summed E-state index contributed by atoms with van der Waals surface area (Å²) >= 11 is 0.990. The number of carbonyl (C=O) groups excluding carboxylic acids is 3. The van der Waals surface area contributed by atoms with E-state index < -0.39 is 11.9 Å². The molecule has 1 aromatic heterocycles. The number of hydrogen-bond donors (Lipinski definition) is 2. The number of thioether (sulfide) groups is 1. The number of H-pyrrole nitrogens is 1. The van der Waals surface area contributed by atoms with Gasteiger partial charge in [0, 0.05) is 19.7 Å². The van der Waals surface area contributed by atoms with Crippen LogP contribution in [0.25, 0.3) is 0 Å². The molecule has 0 aliphatic carbocycles. The van der Waals surface area contributed by atoms with Gasteiger partial charge in [0.15, 0.2) is 16.7 Å². The van der Waals surface area contributed by atoms with Gasteiger partial charge in [0.25, 0.3) is 11.8 Å². The van der Waals surface area contributed by atoms with E-state index in [0.29, 0.717) is 0 Å². The van der Waals surface area contributed by atoms with Gasteiger partial charge in [0.05, 0.1) is 18.3 Å². The maximum Gasteiger partial charge on any atom is 0.331 e. The molecule has 9 nitrogen and oxygen atoms in total. The highest BCUT2D eigenvalue weighted by Gasteiger charge is 2.34. The second-order valence-corrected chi connectivity index (χ2v) is 5.42. The zero-order chi connectivity index (χ0) is 17.7. The molecule has 0 saturated carbocycles. The number of imidazole rings is 1. The van der Waals surface area contributed by atoms with Crippen LogP contribution in [0.2, 0.25) is 0 Å². The molecular weight excluding hydrogens is 334 g/mol. The van der Waals surface area contributed by atoms with Crippen molar-refractivity contribution in [2.45, 2.75) is 0 Å². The lowest BCUT2D eigenvalue weighted by Gasteiger charge is -2.12. The van der Waals surface area contributed by atoms with Crippen LogP contribution in [0.15, 0.2) is 35.0 Å². The summed E-state index contributed by atoms with van der Waals surface area (Å²) in [4.78, 5) is 47.9. The first-order valence-electron chi connectivity index (χ1n) is 6.76. The normalized spacial score (nSPS) is 17.4. The van der Waals surface area contributed by atoms with Gasteiger partial charge in [-0.3, -0.25) is 14.5 Å². The molecule has 0 spiro atoms. The highest BCUT2D eigenvalue weighted by atomic mass is 32.2. The second kappa shape index (κ2) is 7.59. The summed E-state index contributed by atoms with van der Waals surface area (Å²) in [6, 6.07) is 0. The first-order valence-corrected chi connectivity index (χ1v) is 7.57. The quantitative estimate of drug-likeness (QED) is 0.456. The third-order valence-electron chi connectivity index (χ3n) is 2.92. The number of nitrogens with zero attached hydrogens (tertiary/aromatic N) is 3. The zero-order valence-electron chi connectivity index (χ0n) is 13.0. The fraction of sp³-hybridized carbons (Fsp3) is 0.214. The number of ether oxygens (including phenoxy) is 1. The lowest BCUT2D eigenvalue weighted by molar-refractivity contribution is -0.135. The number of nitrogens with one attached hydrogen (secondary N) is 2. The summed E-state index contributed by atoms with van der Waals surface area (Å²) in [7, 11) is 2.70. The van der Waals surface area contributed by atoms with Gasteiger partial charge >= 0.3 is 5.97 Å². The number of amides is 2. The Kier molecular flexibility index (Phi) is 5.53. The maximum absolute atomic E-state index is 12.4. The number of hydrogen-bond acceptors (Lipinski definition) is 7. The van der Waals surface area contributed by atoms with Gasteiger partial charge in [-0.1, -0.05) is 6.08 Å². The molecule has 2 amide bonds. The minimum Gasteiger partial charge on any atom is -0.466 e. The first-order chi connectivity index (χ1) is 11.5. The first kappa shape index (κ1) is 17.5. The fourth-order valence-electron chi connectivity index (χ4n) is 1.80. The SMILES string of the molecule is C=CCN1C(=O)/C(=C\C(=O)OC)SC1=Nc1nc[nH]c1C(=O)NC. The zero-order valence-corrected chi connectivity index (χ0v) is 13.8. The minimum absolute atomic E-state index is 0.137. The molecule has 2 N–H and O–H groups in total. The van der Waals surface area contributed by atoms with Crippen molar-refractivity contribution in [2.75, 3.05) is 20.7 Å². The molecule has 1 aliphatic heterocycles. The highest BCUT2D eigenvalue weighted by molar-refractivity contribution is 8.18. The van der Waals surface area contributed by atoms with E-state index in [1.165, 1.54) is 31.5 Å². The molecule has 10 heteroatoms. The standard InChI is InChI=1S/C14H15N5O4S/c1-4-5-19-13(22)8(6-9(20)23-3)24-14(19)18-11-10(12(21)15-2)16-7-17-11/h4,6-7H,1,5H2,2-3H3,(H,15,21)(H,16,17)/b8-6+,18-14?. The van der Waals surface area contributed by atoms with Crippen molar-refractivity contribution >= 4 is 40.5 Å². The van der Waals surface area contributed by atoms with Crippen molar-refractivity contribution in [1.29, 1.82) is 0 Å². The van der Waals surface area contributed by atoms with E-state index in [1.807, 2.05) is 0 Å². The van der Waals surface area contributed by atoms with Crippen LogP contribution in [-0.2, 0) is 14.3 Å². The third-order valence-corrected chi connectivity index (χ3v) is 3.93. The Balaban J connectivity index is 2.40. The predicted molar refractivity (Wildman–Crippen MR) is 88.7 cm³/mol. The second-order valence-electron chi connectivity index (χ2n) is 4.41. The van der Waals surface area contributed by atoms with E-state index in [2.05, 4.69) is 31.6 Å². The Morgan fingerprint density at radius 3 is 2.96 bits per heavy atom. The van der Waals surface area contributed by atoms with E-state index >= 15 is 0 Å². The van der Waals surface area contributed by atoms with Gasteiger partial charge in [-0.25, -0.2) is 14.8 Å². The van der Waals surface area contributed by atoms with Crippen LogP contribution in [0.5, 0.6) is 0 Å². The highest BCUT2D eigenvalue weighted by Crippen LogP contribution is 2.32. The summed E-state index contributed by atoms with van der Waals surface area (Å²) in [5.74, 6) is -1.29. The number of aromatic nitrogens is 2. The molecule has 2 rings (SSSR count). The van der Waals surface area contributed by atoms with Crippen molar-refractivity contribution in [3.8, 4) is 0 Å². The number of esters is 1. The fourth-order valence-corrected chi connectivity index (χ4v) is 2.75. The van der Waals surface area contributed by atoms with E-state index in [0.717, 1.165) is 17.8 Å². The number of methoxy groups -OCH3 is 1. The monoisotopic (exact) mass is 349 g/mol. The Morgan fingerprint density at radius 2 is 2.33 bits per heavy atom. The molecule has 1 aliphatic rings. The molecule has 1 saturated heterocycles. The molecule has 2 heterocycles. The van der Waals surface area contributed by atoms with Crippen LogP contribution in [0.4, 0.5) is 5.82 Å². The van der Waals surface area contributed by atoms with Gasteiger partial charge < -0.3 is 15.0 Å². The molecule has 0 atom stereocenters. The molecule has 1 aromatic rings.